The number of hydrogen-bond acceptors (Lipinski definition) is 5. The lowest BCUT2D eigenvalue weighted by Crippen LogP contribution is -2.21. The summed E-state index contributed by atoms with van der Waals surface area (Å²) in [5.74, 6) is 0. The Balaban J connectivity index is 0.000000237. The number of aromatic nitrogens is 4. The molecule has 0 fully saturated rings. The van der Waals surface area contributed by atoms with E-state index in [1.165, 1.54) is 12.1 Å². The lowest BCUT2D eigenvalue weighted by atomic mass is 10.0. The van der Waals surface area contributed by atoms with E-state index >= 15 is 0 Å². The van der Waals surface area contributed by atoms with Crippen molar-refractivity contribution >= 4 is 43.7 Å². The van der Waals surface area contributed by atoms with Gasteiger partial charge in [-0.25, -0.2) is 4.79 Å². The van der Waals surface area contributed by atoms with Gasteiger partial charge in [-0.1, -0.05) is 53.6 Å². The molecule has 6 rings (SSSR count). The van der Waals surface area contributed by atoms with Crippen LogP contribution in [-0.4, -0.2) is 32.1 Å². The van der Waals surface area contributed by atoms with Crippen LogP contribution in [0.2, 0.25) is 5.02 Å². The number of benzene rings is 3. The SMILES string of the molecule is Cc1ccc(S(=O)(=O)O)cc1.Cn1c(=O)n(-c2ccccc2Cl)c2c3cc(-c4cccnc4)ccc3ncc21. The first kappa shape index (κ1) is 26.3. The minimum atomic E-state index is -4.02. The quantitative estimate of drug-likeness (QED) is 0.274. The highest BCUT2D eigenvalue weighted by atomic mass is 35.5. The molecule has 0 atom stereocenters. The van der Waals surface area contributed by atoms with E-state index in [2.05, 4.69) is 16.0 Å². The second-order valence-electron chi connectivity index (χ2n) is 8.88. The van der Waals surface area contributed by atoms with Gasteiger partial charge in [0, 0.05) is 30.4 Å². The Hall–Kier alpha value is -4.31. The van der Waals surface area contributed by atoms with Gasteiger partial charge in [-0.05, 0) is 55.0 Å². The standard InChI is InChI=1S/C22H15ClN4O.C7H8O3S/c1-26-20-13-25-18-9-8-14(15-5-4-10-24-12-15)11-16(18)21(20)27(22(26)28)19-7-3-2-6-17(19)23;1-6-2-4-7(5-3-6)11(8,9)10/h2-13H,1H3;2-5H,1H3,(H,8,9,10). The second-order valence-corrected chi connectivity index (χ2v) is 10.7. The molecule has 8 nitrogen and oxygen atoms in total. The predicted molar refractivity (Wildman–Crippen MR) is 153 cm³/mol. The summed E-state index contributed by atoms with van der Waals surface area (Å²) >= 11 is 6.43. The molecule has 3 heterocycles. The van der Waals surface area contributed by atoms with Gasteiger partial charge in [0.15, 0.2) is 0 Å². The molecular weight excluding hydrogens is 536 g/mol. The highest BCUT2D eigenvalue weighted by Crippen LogP contribution is 2.31. The van der Waals surface area contributed by atoms with Crippen LogP contribution in [0.15, 0.2) is 107 Å². The van der Waals surface area contributed by atoms with E-state index in [9.17, 15) is 13.2 Å². The lowest BCUT2D eigenvalue weighted by molar-refractivity contribution is 0.483. The zero-order valence-corrected chi connectivity index (χ0v) is 22.6. The summed E-state index contributed by atoms with van der Waals surface area (Å²) in [5.41, 5.74) is 5.81. The molecule has 3 aromatic heterocycles. The predicted octanol–water partition coefficient (Wildman–Crippen LogP) is 5.83. The van der Waals surface area contributed by atoms with Crippen LogP contribution in [0.1, 0.15) is 5.56 Å². The molecule has 0 aliphatic rings. The molecule has 6 aromatic rings. The van der Waals surface area contributed by atoms with E-state index in [1.807, 2.05) is 55.6 Å². The molecule has 0 aliphatic heterocycles. The van der Waals surface area contributed by atoms with Crippen LogP contribution in [0.3, 0.4) is 0 Å². The number of fused-ring (bicyclic) bond motifs is 3. The monoisotopic (exact) mass is 558 g/mol. The third-order valence-corrected chi connectivity index (χ3v) is 7.48. The third-order valence-electron chi connectivity index (χ3n) is 6.29. The van der Waals surface area contributed by atoms with Gasteiger partial charge in [0.1, 0.15) is 0 Å². The van der Waals surface area contributed by atoms with Crippen molar-refractivity contribution in [3.8, 4) is 16.8 Å². The third kappa shape index (κ3) is 5.20. The van der Waals surface area contributed by atoms with Crippen LogP contribution < -0.4 is 5.69 Å². The molecule has 39 heavy (non-hydrogen) atoms. The van der Waals surface area contributed by atoms with Crippen molar-refractivity contribution in [3.05, 3.63) is 119 Å². The fraction of sp³-hybridized carbons (Fsp3) is 0.0690. The minimum absolute atomic E-state index is 0.0666. The van der Waals surface area contributed by atoms with Gasteiger partial charge in [-0.3, -0.25) is 23.7 Å². The van der Waals surface area contributed by atoms with Gasteiger partial charge in [0.25, 0.3) is 10.1 Å². The van der Waals surface area contributed by atoms with Crippen LogP contribution in [0.5, 0.6) is 0 Å². The van der Waals surface area contributed by atoms with Gasteiger partial charge >= 0.3 is 5.69 Å². The number of imidazole rings is 1. The van der Waals surface area contributed by atoms with Crippen LogP contribution in [-0.2, 0) is 17.2 Å². The smallest absolute Gasteiger partial charge is 0.293 e. The summed E-state index contributed by atoms with van der Waals surface area (Å²) in [6.45, 7) is 1.84. The molecule has 0 radical (unpaired) electrons. The number of hydrogen-bond donors (Lipinski definition) is 1. The first-order valence-electron chi connectivity index (χ1n) is 11.8. The number of aryl methyl sites for hydroxylation is 2. The Morgan fingerprint density at radius 1 is 0.897 bits per heavy atom. The molecule has 3 aromatic carbocycles. The van der Waals surface area contributed by atoms with E-state index in [-0.39, 0.29) is 10.6 Å². The Morgan fingerprint density at radius 2 is 1.64 bits per heavy atom. The maximum Gasteiger partial charge on any atom is 0.333 e. The van der Waals surface area contributed by atoms with Gasteiger partial charge in [-0.2, -0.15) is 8.42 Å². The highest BCUT2D eigenvalue weighted by Gasteiger charge is 2.18. The normalized spacial score (nSPS) is 11.4. The van der Waals surface area contributed by atoms with Crippen molar-refractivity contribution in [1.29, 1.82) is 0 Å². The fourth-order valence-electron chi connectivity index (χ4n) is 4.28. The lowest BCUT2D eigenvalue weighted by Gasteiger charge is -2.09. The topological polar surface area (TPSA) is 107 Å². The molecule has 0 unspecified atom stereocenters. The zero-order valence-electron chi connectivity index (χ0n) is 21.0. The maximum absolute atomic E-state index is 13.1. The minimum Gasteiger partial charge on any atom is -0.293 e. The molecule has 10 heteroatoms. The number of pyridine rings is 2. The van der Waals surface area contributed by atoms with E-state index in [4.69, 9.17) is 16.2 Å². The van der Waals surface area contributed by atoms with Crippen molar-refractivity contribution in [2.45, 2.75) is 11.8 Å². The summed E-state index contributed by atoms with van der Waals surface area (Å²) in [6.07, 6.45) is 5.30. The second kappa shape index (κ2) is 10.5. The number of para-hydroxylation sites is 1. The van der Waals surface area contributed by atoms with Crippen molar-refractivity contribution in [2.75, 3.05) is 0 Å². The zero-order chi connectivity index (χ0) is 27.7. The van der Waals surface area contributed by atoms with Gasteiger partial charge in [0.05, 0.1) is 38.4 Å². The highest BCUT2D eigenvalue weighted by molar-refractivity contribution is 7.85. The van der Waals surface area contributed by atoms with Gasteiger partial charge in [-0.15, -0.1) is 0 Å². The van der Waals surface area contributed by atoms with Gasteiger partial charge < -0.3 is 0 Å². The number of halogens is 1. The molecule has 0 saturated heterocycles. The first-order valence-corrected chi connectivity index (χ1v) is 13.7. The Bertz CT molecular complexity index is 1980. The molecule has 0 bridgehead atoms. The number of rotatable bonds is 3. The number of nitrogens with zero attached hydrogens (tertiary/aromatic N) is 4. The van der Waals surface area contributed by atoms with E-state index in [1.54, 1.807) is 46.8 Å². The van der Waals surface area contributed by atoms with Crippen LogP contribution in [0.4, 0.5) is 0 Å². The molecular formula is C29H23ClN4O4S. The molecule has 1 N–H and O–H groups in total. The van der Waals surface area contributed by atoms with Crippen LogP contribution in [0, 0.1) is 6.92 Å². The molecule has 0 aliphatic carbocycles. The maximum atomic E-state index is 13.1. The summed E-state index contributed by atoms with van der Waals surface area (Å²) in [4.78, 5) is 21.8. The largest absolute Gasteiger partial charge is 0.333 e. The average molecular weight is 559 g/mol. The van der Waals surface area contributed by atoms with Crippen molar-refractivity contribution in [1.82, 2.24) is 19.1 Å². The first-order chi connectivity index (χ1) is 18.6. The molecule has 0 saturated carbocycles. The summed E-state index contributed by atoms with van der Waals surface area (Å²) < 4.78 is 32.8. The summed E-state index contributed by atoms with van der Waals surface area (Å²) in [6, 6.07) is 23.3. The van der Waals surface area contributed by atoms with Crippen LogP contribution in [0.25, 0.3) is 38.8 Å². The molecule has 196 valence electrons. The molecule has 0 amide bonds. The Morgan fingerprint density at radius 3 is 2.31 bits per heavy atom. The van der Waals surface area contributed by atoms with Crippen molar-refractivity contribution < 1.29 is 13.0 Å². The average Bonchev–Trinajstić information content (AvgIpc) is 3.19. The van der Waals surface area contributed by atoms with Crippen molar-refractivity contribution in [2.24, 2.45) is 7.05 Å². The Kier molecular flexibility index (Phi) is 7.05. The molecule has 0 spiro atoms. The van der Waals surface area contributed by atoms with E-state index < -0.39 is 10.1 Å². The van der Waals surface area contributed by atoms with Crippen molar-refractivity contribution in [3.63, 3.8) is 0 Å². The van der Waals surface area contributed by atoms with E-state index in [0.717, 1.165) is 38.6 Å². The van der Waals surface area contributed by atoms with E-state index in [0.29, 0.717) is 10.7 Å². The Labute approximate surface area is 229 Å². The van der Waals surface area contributed by atoms with Gasteiger partial charge in [0.2, 0.25) is 0 Å². The van der Waals surface area contributed by atoms with Crippen LogP contribution >= 0.6 is 11.6 Å². The fourth-order valence-corrected chi connectivity index (χ4v) is 4.98. The summed E-state index contributed by atoms with van der Waals surface area (Å²) in [7, 11) is -2.27. The summed E-state index contributed by atoms with van der Waals surface area (Å²) in [5, 5.41) is 1.40.